The molecule has 132 valence electrons. The van der Waals surface area contributed by atoms with Gasteiger partial charge in [0.1, 0.15) is 0 Å². The van der Waals surface area contributed by atoms with E-state index in [0.717, 1.165) is 0 Å². The standard InChI is InChI=1S/C18H20N2O5/c1-11-9-20(4-5-24-11)16-8-15(22)14-7-12(18(23)19(2)3)6-13(10-21)17(14)25-16/h6-8,10-11H,4-5,9H2,1-3H3. The van der Waals surface area contributed by atoms with E-state index >= 15 is 0 Å². The first kappa shape index (κ1) is 17.2. The fraction of sp³-hybridized carbons (Fsp3) is 0.389. The Labute approximate surface area is 144 Å². The van der Waals surface area contributed by atoms with Gasteiger partial charge in [0, 0.05) is 38.8 Å². The number of aldehydes is 1. The average molecular weight is 344 g/mol. The number of hydrogen-bond donors (Lipinski definition) is 0. The van der Waals surface area contributed by atoms with Crippen molar-refractivity contribution in [2.45, 2.75) is 13.0 Å². The lowest BCUT2D eigenvalue weighted by molar-refractivity contribution is 0.0517. The summed E-state index contributed by atoms with van der Waals surface area (Å²) in [7, 11) is 3.22. The van der Waals surface area contributed by atoms with Gasteiger partial charge in [0.15, 0.2) is 23.2 Å². The molecule has 1 saturated heterocycles. The van der Waals surface area contributed by atoms with Crippen molar-refractivity contribution >= 4 is 29.0 Å². The molecule has 2 heterocycles. The van der Waals surface area contributed by atoms with Crippen LogP contribution < -0.4 is 10.3 Å². The van der Waals surface area contributed by atoms with E-state index in [2.05, 4.69) is 0 Å². The van der Waals surface area contributed by atoms with Crippen LogP contribution in [0.25, 0.3) is 11.0 Å². The van der Waals surface area contributed by atoms with Gasteiger partial charge in [0.25, 0.3) is 5.91 Å². The third-order valence-electron chi connectivity index (χ3n) is 4.18. The van der Waals surface area contributed by atoms with Gasteiger partial charge in [-0.3, -0.25) is 14.4 Å². The number of hydrogen-bond acceptors (Lipinski definition) is 6. The minimum Gasteiger partial charge on any atom is -0.440 e. The van der Waals surface area contributed by atoms with Crippen molar-refractivity contribution in [1.82, 2.24) is 4.90 Å². The van der Waals surface area contributed by atoms with E-state index < -0.39 is 0 Å². The number of rotatable bonds is 3. The number of carbonyl (C=O) groups is 2. The lowest BCUT2D eigenvalue weighted by Gasteiger charge is -2.31. The molecule has 7 heteroatoms. The monoisotopic (exact) mass is 344 g/mol. The molecule has 3 rings (SSSR count). The third-order valence-corrected chi connectivity index (χ3v) is 4.18. The van der Waals surface area contributed by atoms with E-state index in [1.54, 1.807) is 14.1 Å². The zero-order valence-electron chi connectivity index (χ0n) is 14.4. The number of ether oxygens (including phenoxy) is 1. The second kappa shape index (κ2) is 6.68. The topological polar surface area (TPSA) is 80.1 Å². The van der Waals surface area contributed by atoms with Gasteiger partial charge in [-0.05, 0) is 19.1 Å². The highest BCUT2D eigenvalue weighted by atomic mass is 16.5. The lowest BCUT2D eigenvalue weighted by Crippen LogP contribution is -2.41. The molecular formula is C18H20N2O5. The minimum atomic E-state index is -0.285. The molecule has 1 aromatic heterocycles. The molecule has 0 aliphatic carbocycles. The van der Waals surface area contributed by atoms with Gasteiger partial charge in [-0.25, -0.2) is 0 Å². The lowest BCUT2D eigenvalue weighted by atomic mass is 10.1. The quantitative estimate of drug-likeness (QED) is 0.786. The van der Waals surface area contributed by atoms with E-state index in [-0.39, 0.29) is 39.5 Å². The number of nitrogens with zero attached hydrogens (tertiary/aromatic N) is 2. The number of morpholine rings is 1. The van der Waals surface area contributed by atoms with Crippen LogP contribution in [0, 0.1) is 0 Å². The molecule has 25 heavy (non-hydrogen) atoms. The molecule has 0 bridgehead atoms. The summed E-state index contributed by atoms with van der Waals surface area (Å²) in [5.74, 6) is 0.123. The molecule has 1 fully saturated rings. The summed E-state index contributed by atoms with van der Waals surface area (Å²) in [4.78, 5) is 39.6. The van der Waals surface area contributed by atoms with Crippen LogP contribution in [0.1, 0.15) is 27.6 Å². The number of anilines is 1. The molecular weight excluding hydrogens is 324 g/mol. The highest BCUT2D eigenvalue weighted by Crippen LogP contribution is 2.25. The number of amides is 1. The summed E-state index contributed by atoms with van der Waals surface area (Å²) in [5, 5.41) is 0.222. The number of carbonyl (C=O) groups excluding carboxylic acids is 2. The van der Waals surface area contributed by atoms with Gasteiger partial charge >= 0.3 is 0 Å². The maximum absolute atomic E-state index is 12.6. The first-order valence-electron chi connectivity index (χ1n) is 8.06. The summed E-state index contributed by atoms with van der Waals surface area (Å²) in [6.45, 7) is 3.69. The Bertz CT molecular complexity index is 887. The van der Waals surface area contributed by atoms with Crippen molar-refractivity contribution in [2.24, 2.45) is 0 Å². The van der Waals surface area contributed by atoms with Crippen LogP contribution in [0.2, 0.25) is 0 Å². The molecule has 1 atom stereocenters. The van der Waals surface area contributed by atoms with Crippen molar-refractivity contribution in [1.29, 1.82) is 0 Å². The first-order chi connectivity index (χ1) is 11.9. The van der Waals surface area contributed by atoms with Crippen LogP contribution in [0.5, 0.6) is 0 Å². The fourth-order valence-electron chi connectivity index (χ4n) is 2.92. The van der Waals surface area contributed by atoms with Crippen molar-refractivity contribution in [3.8, 4) is 0 Å². The van der Waals surface area contributed by atoms with E-state index in [4.69, 9.17) is 9.15 Å². The van der Waals surface area contributed by atoms with Gasteiger partial charge in [-0.2, -0.15) is 0 Å². The summed E-state index contributed by atoms with van der Waals surface area (Å²) < 4.78 is 11.4. The van der Waals surface area contributed by atoms with Crippen molar-refractivity contribution < 1.29 is 18.7 Å². The Morgan fingerprint density at radius 2 is 2.08 bits per heavy atom. The molecule has 1 amide bonds. The highest BCUT2D eigenvalue weighted by molar-refractivity contribution is 6.03. The normalized spacial score (nSPS) is 17.6. The van der Waals surface area contributed by atoms with Crippen molar-refractivity contribution in [3.05, 3.63) is 39.5 Å². The SMILES string of the molecule is CC1CN(c2cc(=O)c3cc(C(=O)N(C)C)cc(C=O)c3o2)CCO1. The Morgan fingerprint density at radius 1 is 1.32 bits per heavy atom. The third kappa shape index (κ3) is 3.28. The number of benzene rings is 1. The van der Waals surface area contributed by atoms with Gasteiger partial charge in [0.2, 0.25) is 0 Å². The molecule has 2 aromatic rings. The molecule has 1 aliphatic heterocycles. The molecule has 0 N–H and O–H groups in total. The van der Waals surface area contributed by atoms with Crippen LogP contribution >= 0.6 is 0 Å². The van der Waals surface area contributed by atoms with Crippen LogP contribution in [0.3, 0.4) is 0 Å². The molecule has 1 aliphatic rings. The Morgan fingerprint density at radius 3 is 2.72 bits per heavy atom. The van der Waals surface area contributed by atoms with E-state index in [0.29, 0.717) is 31.9 Å². The predicted molar refractivity (Wildman–Crippen MR) is 93.5 cm³/mol. The number of fused-ring (bicyclic) bond motifs is 1. The van der Waals surface area contributed by atoms with Crippen LogP contribution in [0.15, 0.2) is 27.4 Å². The molecule has 7 nitrogen and oxygen atoms in total. The highest BCUT2D eigenvalue weighted by Gasteiger charge is 2.21. The second-order valence-corrected chi connectivity index (χ2v) is 6.34. The van der Waals surface area contributed by atoms with Crippen LogP contribution in [-0.2, 0) is 4.74 Å². The maximum atomic E-state index is 12.6. The predicted octanol–water partition coefficient (Wildman–Crippen LogP) is 1.53. The largest absolute Gasteiger partial charge is 0.440 e. The summed E-state index contributed by atoms with van der Waals surface area (Å²) in [6.07, 6.45) is 0.629. The van der Waals surface area contributed by atoms with Gasteiger partial charge in [-0.15, -0.1) is 0 Å². The fourth-order valence-corrected chi connectivity index (χ4v) is 2.92. The average Bonchev–Trinajstić information content (AvgIpc) is 2.60. The Balaban J connectivity index is 2.14. The van der Waals surface area contributed by atoms with E-state index in [1.165, 1.54) is 23.1 Å². The van der Waals surface area contributed by atoms with E-state index in [9.17, 15) is 14.4 Å². The maximum Gasteiger partial charge on any atom is 0.253 e. The molecule has 1 unspecified atom stereocenters. The zero-order chi connectivity index (χ0) is 18.1. The molecule has 0 radical (unpaired) electrons. The Kier molecular flexibility index (Phi) is 4.59. The van der Waals surface area contributed by atoms with Gasteiger partial charge in [0.05, 0.1) is 23.7 Å². The molecule has 0 saturated carbocycles. The minimum absolute atomic E-state index is 0.0281. The Hall–Kier alpha value is -2.67. The van der Waals surface area contributed by atoms with Gasteiger partial charge < -0.3 is 19.0 Å². The van der Waals surface area contributed by atoms with Crippen molar-refractivity contribution in [2.75, 3.05) is 38.7 Å². The zero-order valence-corrected chi connectivity index (χ0v) is 14.4. The van der Waals surface area contributed by atoms with E-state index in [1.807, 2.05) is 11.8 Å². The van der Waals surface area contributed by atoms with Gasteiger partial charge in [-0.1, -0.05) is 0 Å². The molecule has 0 spiro atoms. The summed E-state index contributed by atoms with van der Waals surface area (Å²) in [5.41, 5.74) is 0.376. The summed E-state index contributed by atoms with van der Waals surface area (Å²) >= 11 is 0. The smallest absolute Gasteiger partial charge is 0.253 e. The van der Waals surface area contributed by atoms with Crippen LogP contribution in [0.4, 0.5) is 5.88 Å². The second-order valence-electron chi connectivity index (χ2n) is 6.34. The van der Waals surface area contributed by atoms with Crippen molar-refractivity contribution in [3.63, 3.8) is 0 Å². The van der Waals surface area contributed by atoms with Crippen LogP contribution in [-0.4, -0.2) is 57.0 Å². The summed E-state index contributed by atoms with van der Waals surface area (Å²) in [6, 6.07) is 4.33. The first-order valence-corrected chi connectivity index (χ1v) is 8.06. The molecule has 1 aromatic carbocycles.